The van der Waals surface area contributed by atoms with E-state index in [4.69, 9.17) is 9.47 Å². The summed E-state index contributed by atoms with van der Waals surface area (Å²) >= 11 is 0. The van der Waals surface area contributed by atoms with Crippen molar-refractivity contribution in [3.63, 3.8) is 0 Å². The molecule has 1 saturated heterocycles. The van der Waals surface area contributed by atoms with Crippen molar-refractivity contribution in [3.05, 3.63) is 72.1 Å². The molecule has 2 aromatic carbocycles. The van der Waals surface area contributed by atoms with Gasteiger partial charge in [-0.3, -0.25) is 14.3 Å². The van der Waals surface area contributed by atoms with Gasteiger partial charge in [-0.05, 0) is 48.9 Å². The highest BCUT2D eigenvalue weighted by molar-refractivity contribution is 6.04. The molecule has 33 heavy (non-hydrogen) atoms. The van der Waals surface area contributed by atoms with Crippen molar-refractivity contribution >= 4 is 17.5 Å². The van der Waals surface area contributed by atoms with Crippen LogP contribution in [0.3, 0.4) is 0 Å². The summed E-state index contributed by atoms with van der Waals surface area (Å²) in [5.41, 5.74) is 2.34. The van der Waals surface area contributed by atoms with Crippen molar-refractivity contribution in [3.8, 4) is 11.5 Å². The van der Waals surface area contributed by atoms with Crippen molar-refractivity contribution in [2.75, 3.05) is 25.2 Å². The highest BCUT2D eigenvalue weighted by atomic mass is 16.7. The van der Waals surface area contributed by atoms with Crippen molar-refractivity contribution < 1.29 is 19.1 Å². The van der Waals surface area contributed by atoms with Crippen LogP contribution in [0.1, 0.15) is 41.1 Å². The lowest BCUT2D eigenvalue weighted by Crippen LogP contribution is -2.34. The van der Waals surface area contributed by atoms with E-state index in [0.29, 0.717) is 28.7 Å². The normalized spacial score (nSPS) is 17.5. The number of nitrogens with zero attached hydrogens (tertiary/aromatic N) is 3. The Balaban J connectivity index is 1.16. The van der Waals surface area contributed by atoms with Gasteiger partial charge in [0.15, 0.2) is 11.5 Å². The second-order valence-corrected chi connectivity index (χ2v) is 8.37. The van der Waals surface area contributed by atoms with Crippen molar-refractivity contribution in [2.24, 2.45) is 0 Å². The second kappa shape index (κ2) is 9.36. The molecule has 0 spiro atoms. The molecule has 170 valence electrons. The molecule has 0 aliphatic carbocycles. The lowest BCUT2D eigenvalue weighted by Gasteiger charge is -2.20. The largest absolute Gasteiger partial charge is 0.454 e. The van der Waals surface area contributed by atoms with Gasteiger partial charge in [0.2, 0.25) is 12.7 Å². The van der Waals surface area contributed by atoms with E-state index in [0.717, 1.165) is 32.4 Å². The Morgan fingerprint density at radius 2 is 1.88 bits per heavy atom. The molecule has 1 atom stereocenters. The molecular formula is C25H26N4O4. The van der Waals surface area contributed by atoms with E-state index in [-0.39, 0.29) is 25.2 Å². The van der Waals surface area contributed by atoms with Crippen LogP contribution in [0.5, 0.6) is 11.5 Å². The number of likely N-dealkylation sites (tertiary alicyclic amines) is 1. The minimum absolute atomic E-state index is 0.0421. The quantitative estimate of drug-likeness (QED) is 0.647. The standard InChI is InChI=1S/C25H26N4O4/c30-24(28-11-4-7-19(10-12-28)18-5-2-1-3-6-18)16-29-15-21(14-26-29)27-25(31)20-8-9-22-23(13-20)33-17-32-22/h1-3,5-6,8-9,13-15,19H,4,7,10-12,16-17H2,(H,27,31)/t19-/m0/s1. The summed E-state index contributed by atoms with van der Waals surface area (Å²) < 4.78 is 12.2. The van der Waals surface area contributed by atoms with E-state index in [2.05, 4.69) is 34.7 Å². The minimum atomic E-state index is -0.279. The van der Waals surface area contributed by atoms with Gasteiger partial charge in [-0.1, -0.05) is 30.3 Å². The van der Waals surface area contributed by atoms with Gasteiger partial charge in [0, 0.05) is 24.8 Å². The third-order valence-electron chi connectivity index (χ3n) is 6.17. The Morgan fingerprint density at radius 1 is 1.03 bits per heavy atom. The molecule has 8 nitrogen and oxygen atoms in total. The number of nitrogens with one attached hydrogen (secondary N) is 1. The molecule has 0 radical (unpaired) electrons. The maximum atomic E-state index is 12.9. The van der Waals surface area contributed by atoms with Crippen LogP contribution < -0.4 is 14.8 Å². The summed E-state index contributed by atoms with van der Waals surface area (Å²) in [7, 11) is 0. The first-order valence-corrected chi connectivity index (χ1v) is 11.2. The van der Waals surface area contributed by atoms with E-state index in [1.54, 1.807) is 35.3 Å². The topological polar surface area (TPSA) is 85.7 Å². The third kappa shape index (κ3) is 4.84. The van der Waals surface area contributed by atoms with Crippen LogP contribution in [0.2, 0.25) is 0 Å². The summed E-state index contributed by atoms with van der Waals surface area (Å²) in [5.74, 6) is 1.43. The molecule has 1 fully saturated rings. The Labute approximate surface area is 192 Å². The Morgan fingerprint density at radius 3 is 2.76 bits per heavy atom. The van der Waals surface area contributed by atoms with Gasteiger partial charge in [0.25, 0.3) is 5.91 Å². The van der Waals surface area contributed by atoms with E-state index < -0.39 is 0 Å². The fourth-order valence-corrected chi connectivity index (χ4v) is 4.40. The summed E-state index contributed by atoms with van der Waals surface area (Å²) in [6.07, 6.45) is 6.26. The molecule has 1 N–H and O–H groups in total. The molecule has 8 heteroatoms. The Bertz CT molecular complexity index is 1140. The van der Waals surface area contributed by atoms with E-state index in [1.165, 1.54) is 5.56 Å². The number of anilines is 1. The van der Waals surface area contributed by atoms with Crippen LogP contribution in [-0.4, -0.2) is 46.4 Å². The molecule has 0 unspecified atom stereocenters. The van der Waals surface area contributed by atoms with Crippen LogP contribution in [0.25, 0.3) is 0 Å². The molecular weight excluding hydrogens is 420 g/mol. The molecule has 3 heterocycles. The van der Waals surface area contributed by atoms with Gasteiger partial charge in [-0.2, -0.15) is 5.10 Å². The van der Waals surface area contributed by atoms with Crippen LogP contribution in [0.4, 0.5) is 5.69 Å². The van der Waals surface area contributed by atoms with E-state index in [9.17, 15) is 9.59 Å². The SMILES string of the molecule is O=C(Nc1cnn(CC(=O)N2CCC[C@H](c3ccccc3)CC2)c1)c1ccc2c(c1)OCO2. The predicted octanol–water partition coefficient (Wildman–Crippen LogP) is 3.66. The van der Waals surface area contributed by atoms with Crippen LogP contribution in [0, 0.1) is 0 Å². The highest BCUT2D eigenvalue weighted by Crippen LogP contribution is 2.32. The molecule has 1 aromatic heterocycles. The number of hydrogen-bond donors (Lipinski definition) is 1. The molecule has 2 amide bonds. The lowest BCUT2D eigenvalue weighted by molar-refractivity contribution is -0.132. The number of ether oxygens (including phenoxy) is 2. The number of amides is 2. The first-order valence-electron chi connectivity index (χ1n) is 11.2. The number of benzene rings is 2. The van der Waals surface area contributed by atoms with E-state index in [1.807, 2.05) is 11.0 Å². The zero-order valence-electron chi connectivity index (χ0n) is 18.3. The summed E-state index contributed by atoms with van der Waals surface area (Å²) in [5, 5.41) is 7.06. The number of fused-ring (bicyclic) bond motifs is 1. The van der Waals surface area contributed by atoms with Crippen molar-refractivity contribution in [2.45, 2.75) is 31.7 Å². The molecule has 2 aliphatic heterocycles. The van der Waals surface area contributed by atoms with Crippen LogP contribution in [0.15, 0.2) is 60.9 Å². The van der Waals surface area contributed by atoms with Gasteiger partial charge in [0.05, 0.1) is 11.9 Å². The van der Waals surface area contributed by atoms with Crippen LogP contribution in [-0.2, 0) is 11.3 Å². The van der Waals surface area contributed by atoms with Gasteiger partial charge in [-0.15, -0.1) is 0 Å². The number of carbonyl (C=O) groups excluding carboxylic acids is 2. The average molecular weight is 447 g/mol. The number of hydrogen-bond acceptors (Lipinski definition) is 5. The second-order valence-electron chi connectivity index (χ2n) is 8.37. The predicted molar refractivity (Wildman–Crippen MR) is 122 cm³/mol. The zero-order valence-corrected chi connectivity index (χ0v) is 18.3. The lowest BCUT2D eigenvalue weighted by atomic mass is 9.92. The highest BCUT2D eigenvalue weighted by Gasteiger charge is 2.22. The van der Waals surface area contributed by atoms with Crippen molar-refractivity contribution in [1.29, 1.82) is 0 Å². The summed E-state index contributed by atoms with van der Waals surface area (Å²) in [6.45, 7) is 1.81. The maximum Gasteiger partial charge on any atom is 0.255 e. The fourth-order valence-electron chi connectivity index (χ4n) is 4.40. The van der Waals surface area contributed by atoms with Crippen LogP contribution >= 0.6 is 0 Å². The number of rotatable bonds is 5. The average Bonchev–Trinajstić information content (AvgIpc) is 3.41. The third-order valence-corrected chi connectivity index (χ3v) is 6.17. The van der Waals surface area contributed by atoms with Gasteiger partial charge in [-0.25, -0.2) is 0 Å². The van der Waals surface area contributed by atoms with Crippen molar-refractivity contribution in [1.82, 2.24) is 14.7 Å². The minimum Gasteiger partial charge on any atom is -0.454 e. The fraction of sp³-hybridized carbons (Fsp3) is 0.320. The molecule has 2 aliphatic rings. The molecule has 0 bridgehead atoms. The molecule has 5 rings (SSSR count). The smallest absolute Gasteiger partial charge is 0.255 e. The molecule has 0 saturated carbocycles. The number of aromatic nitrogens is 2. The van der Waals surface area contributed by atoms with Gasteiger partial charge >= 0.3 is 0 Å². The first-order chi connectivity index (χ1) is 16.2. The van der Waals surface area contributed by atoms with E-state index >= 15 is 0 Å². The Hall–Kier alpha value is -3.81. The monoisotopic (exact) mass is 446 g/mol. The first kappa shape index (κ1) is 21.1. The maximum absolute atomic E-state index is 12.9. The van der Waals surface area contributed by atoms with Gasteiger partial charge < -0.3 is 19.7 Å². The Kier molecular flexibility index (Phi) is 5.97. The van der Waals surface area contributed by atoms with Gasteiger partial charge in [0.1, 0.15) is 6.54 Å². The summed E-state index contributed by atoms with van der Waals surface area (Å²) in [6, 6.07) is 15.6. The summed E-state index contributed by atoms with van der Waals surface area (Å²) in [4.78, 5) is 27.4. The number of carbonyl (C=O) groups is 2. The molecule has 3 aromatic rings. The zero-order chi connectivity index (χ0) is 22.6.